The topological polar surface area (TPSA) is 0 Å². The van der Waals surface area contributed by atoms with E-state index in [9.17, 15) is 0 Å². The summed E-state index contributed by atoms with van der Waals surface area (Å²) < 4.78 is 0. The first-order chi connectivity index (χ1) is 0. The van der Waals surface area contributed by atoms with E-state index in [2.05, 4.69) is 0 Å². The normalized spacial score (nSPS) is 0. The van der Waals surface area contributed by atoms with Crippen molar-refractivity contribution < 1.29 is 46.7 Å². The molecule has 4 heteroatoms. The number of halogens is 2. The molecule has 0 aliphatic carbocycles. The minimum absolute atomic E-state index is 0. The summed E-state index contributed by atoms with van der Waals surface area (Å²) >= 11 is 0. The van der Waals surface area contributed by atoms with Gasteiger partial charge in [-0.3, -0.25) is 0 Å². The first-order valence-corrected chi connectivity index (χ1v) is 0. The molecule has 4 heavy (non-hydrogen) atoms. The van der Waals surface area contributed by atoms with E-state index in [1.54, 1.807) is 0 Å². The van der Waals surface area contributed by atoms with Crippen molar-refractivity contribution in [2.24, 2.45) is 0 Å². The van der Waals surface area contributed by atoms with Gasteiger partial charge in [0.15, 0.2) is 0 Å². The van der Waals surface area contributed by atoms with Crippen molar-refractivity contribution in [3.8, 4) is 0 Å². The number of rotatable bonds is 0. The van der Waals surface area contributed by atoms with E-state index in [1.807, 2.05) is 0 Å². The van der Waals surface area contributed by atoms with E-state index >= 15 is 0 Å². The minimum Gasteiger partial charge on any atom is -1.00 e. The van der Waals surface area contributed by atoms with Crippen LogP contribution in [-0.2, 0) is 0 Å². The smallest absolute Gasteiger partial charge is 1.00 e. The van der Waals surface area contributed by atoms with Crippen LogP contribution in [0, 0.1) is 37.3 Å². The molecule has 0 bridgehead atoms. The summed E-state index contributed by atoms with van der Waals surface area (Å²) in [7, 11) is 0. The Morgan fingerprint density at radius 3 is 0.750 bits per heavy atom. The van der Waals surface area contributed by atoms with Crippen molar-refractivity contribution in [2.45, 2.75) is 0 Å². The predicted octanol–water partition coefficient (Wildman–Crippen LogP) is -6.37. The molecular weight excluding hydrogens is 245 g/mol. The van der Waals surface area contributed by atoms with Gasteiger partial charge >= 0.3 is 75.0 Å². The summed E-state index contributed by atoms with van der Waals surface area (Å²) in [5.41, 5.74) is 0. The molecule has 0 amide bonds. The third-order valence-corrected chi connectivity index (χ3v) is 0. The van der Waals surface area contributed by atoms with Crippen LogP contribution in [0.3, 0.4) is 0 Å². The summed E-state index contributed by atoms with van der Waals surface area (Å²) in [4.78, 5) is 0. The summed E-state index contributed by atoms with van der Waals surface area (Å²) in [5.74, 6) is 0. The van der Waals surface area contributed by atoms with Crippen LogP contribution in [0.5, 0.6) is 0 Å². The van der Waals surface area contributed by atoms with E-state index in [4.69, 9.17) is 0 Å². The molecule has 0 nitrogen and oxygen atoms in total. The maximum atomic E-state index is 0. The fourth-order valence-electron chi connectivity index (χ4n) is 0. The van der Waals surface area contributed by atoms with E-state index in [1.165, 1.54) is 0 Å². The Balaban J connectivity index is 0. The largest absolute Gasteiger partial charge is 3.00 e. The van der Waals surface area contributed by atoms with Gasteiger partial charge in [-0.15, -0.1) is 0 Å². The van der Waals surface area contributed by atoms with E-state index in [0.717, 1.165) is 0 Å². The first-order valence-electron chi connectivity index (χ1n) is 0. The van der Waals surface area contributed by atoms with Crippen LogP contribution in [0.2, 0.25) is 0 Å². The molecule has 0 rings (SSSR count). The van der Waals surface area contributed by atoms with Gasteiger partial charge < -0.3 is 9.41 Å². The van der Waals surface area contributed by atoms with E-state index < -0.39 is 0 Å². The Bertz CT molecular complexity index is 6.00. The van der Waals surface area contributed by atoms with Crippen molar-refractivity contribution >= 4 is 37.7 Å². The summed E-state index contributed by atoms with van der Waals surface area (Å²) in [6.45, 7) is 0. The van der Waals surface area contributed by atoms with Gasteiger partial charge in [0.25, 0.3) is 0 Å². The molecule has 0 aliphatic heterocycles. The van der Waals surface area contributed by atoms with Gasteiger partial charge in [0.05, 0.1) is 0 Å². The summed E-state index contributed by atoms with van der Waals surface area (Å²) in [6, 6.07) is 0. The molecule has 0 fully saturated rings. The molecule has 0 heterocycles. The van der Waals surface area contributed by atoms with Crippen molar-refractivity contribution in [2.75, 3.05) is 0 Å². The van der Waals surface area contributed by atoms with E-state index in [0.29, 0.717) is 0 Å². The Morgan fingerprint density at radius 2 is 0.750 bits per heavy atom. The molecule has 0 spiro atoms. The maximum absolute atomic E-state index is 0. The number of hydrogen-bond acceptors (Lipinski definition) is 0. The van der Waals surface area contributed by atoms with Crippen LogP contribution < -0.4 is 9.41 Å². The van der Waals surface area contributed by atoms with Crippen LogP contribution in [0.1, 0.15) is 0 Å². The second-order valence-corrected chi connectivity index (χ2v) is 0. The van der Waals surface area contributed by atoms with Crippen molar-refractivity contribution in [3.05, 3.63) is 0 Å². The van der Waals surface area contributed by atoms with Crippen LogP contribution >= 0.6 is 0 Å². The van der Waals surface area contributed by atoms with Gasteiger partial charge in [-0.05, 0) is 0 Å². The molecule has 25 valence electrons. The van der Waals surface area contributed by atoms with Crippen LogP contribution in [0.4, 0.5) is 0 Å². The first kappa shape index (κ1) is 32.7. The molecule has 0 saturated heterocycles. The van der Waals surface area contributed by atoms with Crippen molar-refractivity contribution in [1.82, 2.24) is 0 Å². The SMILES string of the molecule is [Ca+2].[Er+3].[F-].[F-]. The second-order valence-electron chi connectivity index (χ2n) is 0. The van der Waals surface area contributed by atoms with Gasteiger partial charge in [0.2, 0.25) is 0 Å². The molecular formula is CaErF2+3. The predicted molar refractivity (Wildman–Crippen MR) is 5.75 cm³/mol. The van der Waals surface area contributed by atoms with Crippen LogP contribution in [-0.4, -0.2) is 37.7 Å². The van der Waals surface area contributed by atoms with Gasteiger partial charge in [0, 0.05) is 0 Å². The van der Waals surface area contributed by atoms with Gasteiger partial charge in [0.1, 0.15) is 0 Å². The van der Waals surface area contributed by atoms with Crippen LogP contribution in [0.25, 0.3) is 0 Å². The zero-order chi connectivity index (χ0) is 0. The van der Waals surface area contributed by atoms with E-state index in [-0.39, 0.29) is 84.5 Å². The number of hydrogen-bond donors (Lipinski definition) is 0. The Morgan fingerprint density at radius 1 is 0.750 bits per heavy atom. The third kappa shape index (κ3) is 8.84. The average Bonchev–Trinajstić information content (AvgIpc) is 0. The van der Waals surface area contributed by atoms with Crippen molar-refractivity contribution in [1.29, 1.82) is 0 Å². The van der Waals surface area contributed by atoms with Gasteiger partial charge in [-0.1, -0.05) is 0 Å². The summed E-state index contributed by atoms with van der Waals surface area (Å²) in [6.07, 6.45) is 0. The molecule has 1 radical (unpaired) electrons. The zero-order valence-corrected chi connectivity index (χ0v) is 5.81. The monoisotopic (exact) mass is 244 g/mol. The maximum Gasteiger partial charge on any atom is 3.00 e. The molecule has 0 aromatic carbocycles. The minimum atomic E-state index is 0. The van der Waals surface area contributed by atoms with Gasteiger partial charge in [-0.25, -0.2) is 0 Å². The van der Waals surface area contributed by atoms with Crippen LogP contribution in [0.15, 0.2) is 0 Å². The Kier molecular flexibility index (Phi) is 150. The van der Waals surface area contributed by atoms with Crippen molar-refractivity contribution in [3.63, 3.8) is 0 Å². The Labute approximate surface area is 82.7 Å². The molecule has 0 saturated carbocycles. The fourth-order valence-corrected chi connectivity index (χ4v) is 0. The second kappa shape index (κ2) is 18.3. The summed E-state index contributed by atoms with van der Waals surface area (Å²) in [5, 5.41) is 0. The average molecular weight is 245 g/mol. The third-order valence-electron chi connectivity index (χ3n) is 0. The molecule has 0 aliphatic rings. The molecule has 0 unspecified atom stereocenters. The van der Waals surface area contributed by atoms with Gasteiger partial charge in [-0.2, -0.15) is 0 Å². The molecule has 0 aromatic heterocycles. The fraction of sp³-hybridized carbons (Fsp3) is 0. The molecule has 0 aromatic rings. The quantitative estimate of drug-likeness (QED) is 0.373. The Hall–Kier alpha value is 2.37. The zero-order valence-electron chi connectivity index (χ0n) is 1.75. The standard InChI is InChI=1S/Ca.Er.2FH/h;;2*1H/q+2;+3;;/p-2. The molecule has 0 N–H and O–H groups in total. The molecule has 0 atom stereocenters.